The Morgan fingerprint density at radius 3 is 2.68 bits per heavy atom. The average Bonchev–Trinajstić information content (AvgIpc) is 3.24. The third-order valence-electron chi connectivity index (χ3n) is 3.68. The predicted molar refractivity (Wildman–Crippen MR) is 111 cm³/mol. The van der Waals surface area contributed by atoms with E-state index in [1.54, 1.807) is 35.6 Å². The number of amides is 1. The molecule has 0 aliphatic carbocycles. The molecule has 124 valence electrons. The lowest BCUT2D eigenvalue weighted by atomic mass is 10.2. The number of fused-ring (bicyclic) bond motifs is 1. The summed E-state index contributed by atoms with van der Waals surface area (Å²) in [7, 11) is 0. The van der Waals surface area contributed by atoms with Gasteiger partial charge < -0.3 is 5.32 Å². The Labute approximate surface area is 166 Å². The Morgan fingerprint density at radius 2 is 1.96 bits per heavy atom. The van der Waals surface area contributed by atoms with Crippen LogP contribution in [-0.4, -0.2) is 15.3 Å². The number of imidazole rings is 1. The van der Waals surface area contributed by atoms with Gasteiger partial charge in [-0.3, -0.25) is 9.20 Å². The van der Waals surface area contributed by atoms with Crippen molar-refractivity contribution in [3.63, 3.8) is 0 Å². The number of nitrogens with zero attached hydrogens (tertiary/aromatic N) is 2. The van der Waals surface area contributed by atoms with Crippen LogP contribution >= 0.6 is 45.5 Å². The standard InChI is InChI=1S/C18H11ClIN3OS/c19-12-5-3-11(4-6-12)18(24)22-17-16(14-2-1-9-25-14)21-15-8-7-13(20)10-23(15)17/h1-10H,(H,22,24). The molecule has 1 amide bonds. The number of thiophene rings is 1. The highest BCUT2D eigenvalue weighted by Gasteiger charge is 2.18. The summed E-state index contributed by atoms with van der Waals surface area (Å²) < 4.78 is 2.96. The minimum atomic E-state index is -0.199. The summed E-state index contributed by atoms with van der Waals surface area (Å²) in [6, 6.07) is 14.7. The van der Waals surface area contributed by atoms with Gasteiger partial charge in [-0.05, 0) is 70.4 Å². The molecule has 0 aliphatic rings. The third-order valence-corrected chi connectivity index (χ3v) is 5.44. The van der Waals surface area contributed by atoms with Crippen molar-refractivity contribution in [2.45, 2.75) is 0 Å². The Bertz CT molecular complexity index is 1060. The topological polar surface area (TPSA) is 46.4 Å². The molecule has 0 radical (unpaired) electrons. The van der Waals surface area contributed by atoms with E-state index < -0.39 is 0 Å². The zero-order chi connectivity index (χ0) is 17.4. The van der Waals surface area contributed by atoms with Crippen molar-refractivity contribution in [2.75, 3.05) is 5.32 Å². The molecule has 0 spiro atoms. The zero-order valence-corrected chi connectivity index (χ0v) is 16.5. The molecule has 4 rings (SSSR count). The lowest BCUT2D eigenvalue weighted by molar-refractivity contribution is 0.102. The van der Waals surface area contributed by atoms with Crippen LogP contribution in [0.1, 0.15) is 10.4 Å². The van der Waals surface area contributed by atoms with Crippen LogP contribution in [0.25, 0.3) is 16.2 Å². The fourth-order valence-electron chi connectivity index (χ4n) is 2.50. The number of hydrogen-bond donors (Lipinski definition) is 1. The minimum Gasteiger partial charge on any atom is -0.306 e. The number of hydrogen-bond acceptors (Lipinski definition) is 3. The maximum absolute atomic E-state index is 12.7. The number of anilines is 1. The van der Waals surface area contributed by atoms with Crippen LogP contribution in [0.3, 0.4) is 0 Å². The van der Waals surface area contributed by atoms with Crippen molar-refractivity contribution in [1.82, 2.24) is 9.38 Å². The van der Waals surface area contributed by atoms with E-state index in [-0.39, 0.29) is 5.91 Å². The Balaban J connectivity index is 1.81. The van der Waals surface area contributed by atoms with Gasteiger partial charge in [-0.2, -0.15) is 0 Å². The van der Waals surface area contributed by atoms with E-state index in [4.69, 9.17) is 16.6 Å². The van der Waals surface area contributed by atoms with Gasteiger partial charge in [0, 0.05) is 20.4 Å². The molecular formula is C18H11ClIN3OS. The molecule has 3 heterocycles. The van der Waals surface area contributed by atoms with Crippen LogP contribution in [0.4, 0.5) is 5.82 Å². The molecule has 4 aromatic rings. The molecule has 0 saturated heterocycles. The minimum absolute atomic E-state index is 0.199. The number of pyridine rings is 1. The molecule has 0 unspecified atom stereocenters. The van der Waals surface area contributed by atoms with Gasteiger partial charge in [0.15, 0.2) is 0 Å². The fraction of sp³-hybridized carbons (Fsp3) is 0. The Hall–Kier alpha value is -1.90. The van der Waals surface area contributed by atoms with E-state index in [0.717, 1.165) is 19.8 Å². The lowest BCUT2D eigenvalue weighted by Crippen LogP contribution is -2.14. The van der Waals surface area contributed by atoms with Gasteiger partial charge >= 0.3 is 0 Å². The number of carbonyl (C=O) groups excluding carboxylic acids is 1. The first-order valence-electron chi connectivity index (χ1n) is 7.40. The van der Waals surface area contributed by atoms with Crippen molar-refractivity contribution in [2.24, 2.45) is 0 Å². The first-order chi connectivity index (χ1) is 12.1. The van der Waals surface area contributed by atoms with Gasteiger partial charge in [0.25, 0.3) is 5.91 Å². The van der Waals surface area contributed by atoms with E-state index in [1.807, 2.05) is 40.2 Å². The maximum Gasteiger partial charge on any atom is 0.256 e. The van der Waals surface area contributed by atoms with E-state index in [1.165, 1.54) is 0 Å². The lowest BCUT2D eigenvalue weighted by Gasteiger charge is -2.07. The Morgan fingerprint density at radius 1 is 1.16 bits per heavy atom. The Kier molecular flexibility index (Phi) is 4.49. The van der Waals surface area contributed by atoms with Gasteiger partial charge in [-0.25, -0.2) is 4.98 Å². The van der Waals surface area contributed by atoms with Gasteiger partial charge in [0.1, 0.15) is 17.2 Å². The first-order valence-corrected chi connectivity index (χ1v) is 9.74. The van der Waals surface area contributed by atoms with Crippen LogP contribution in [0.2, 0.25) is 5.02 Å². The van der Waals surface area contributed by atoms with E-state index >= 15 is 0 Å². The van der Waals surface area contributed by atoms with Crippen molar-refractivity contribution in [1.29, 1.82) is 0 Å². The summed E-state index contributed by atoms with van der Waals surface area (Å²) in [6.45, 7) is 0. The number of nitrogens with one attached hydrogen (secondary N) is 1. The summed E-state index contributed by atoms with van der Waals surface area (Å²) in [5, 5.41) is 5.60. The second-order valence-corrected chi connectivity index (χ2v) is 7.95. The molecular weight excluding hydrogens is 469 g/mol. The van der Waals surface area contributed by atoms with Gasteiger partial charge in [-0.1, -0.05) is 17.7 Å². The van der Waals surface area contributed by atoms with Crippen molar-refractivity contribution in [3.05, 3.63) is 74.3 Å². The molecule has 25 heavy (non-hydrogen) atoms. The number of aromatic nitrogens is 2. The smallest absolute Gasteiger partial charge is 0.256 e. The van der Waals surface area contributed by atoms with Crippen molar-refractivity contribution < 1.29 is 4.79 Å². The van der Waals surface area contributed by atoms with Gasteiger partial charge in [-0.15, -0.1) is 11.3 Å². The molecule has 7 heteroatoms. The molecule has 0 bridgehead atoms. The molecule has 0 fully saturated rings. The van der Waals surface area contributed by atoms with Crippen molar-refractivity contribution >= 4 is 62.9 Å². The van der Waals surface area contributed by atoms with Crippen LogP contribution < -0.4 is 5.32 Å². The molecule has 0 saturated carbocycles. The molecule has 0 atom stereocenters. The first kappa shape index (κ1) is 16.6. The monoisotopic (exact) mass is 479 g/mol. The normalized spacial score (nSPS) is 11.0. The number of halogens is 2. The second kappa shape index (κ2) is 6.78. The highest BCUT2D eigenvalue weighted by Crippen LogP contribution is 2.32. The van der Waals surface area contributed by atoms with Crippen LogP contribution in [0.5, 0.6) is 0 Å². The largest absolute Gasteiger partial charge is 0.306 e. The van der Waals surface area contributed by atoms with E-state index in [0.29, 0.717) is 16.4 Å². The van der Waals surface area contributed by atoms with Gasteiger partial charge in [0.05, 0.1) is 4.88 Å². The predicted octanol–water partition coefficient (Wildman–Crippen LogP) is 5.57. The van der Waals surface area contributed by atoms with Crippen molar-refractivity contribution in [3.8, 4) is 10.6 Å². The summed E-state index contributed by atoms with van der Waals surface area (Å²) in [5.41, 5.74) is 2.09. The SMILES string of the molecule is O=C(Nc1c(-c2cccs2)nc2ccc(I)cn12)c1ccc(Cl)cc1. The van der Waals surface area contributed by atoms with E-state index in [2.05, 4.69) is 27.9 Å². The average molecular weight is 480 g/mol. The van der Waals surface area contributed by atoms with E-state index in [9.17, 15) is 4.79 Å². The zero-order valence-electron chi connectivity index (χ0n) is 12.7. The summed E-state index contributed by atoms with van der Waals surface area (Å²) in [5.74, 6) is 0.464. The molecule has 1 N–H and O–H groups in total. The maximum atomic E-state index is 12.7. The fourth-order valence-corrected chi connectivity index (χ4v) is 3.80. The summed E-state index contributed by atoms with van der Waals surface area (Å²) in [4.78, 5) is 18.4. The van der Waals surface area contributed by atoms with Crippen LogP contribution in [-0.2, 0) is 0 Å². The second-order valence-electron chi connectivity index (χ2n) is 5.32. The highest BCUT2D eigenvalue weighted by atomic mass is 127. The molecule has 1 aromatic carbocycles. The van der Waals surface area contributed by atoms with Crippen LogP contribution in [0.15, 0.2) is 60.1 Å². The summed E-state index contributed by atoms with van der Waals surface area (Å²) >= 11 is 9.73. The molecule has 3 aromatic heterocycles. The molecule has 0 aliphatic heterocycles. The number of benzene rings is 1. The van der Waals surface area contributed by atoms with Gasteiger partial charge in [0.2, 0.25) is 0 Å². The number of rotatable bonds is 3. The molecule has 4 nitrogen and oxygen atoms in total. The summed E-state index contributed by atoms with van der Waals surface area (Å²) in [6.07, 6.45) is 1.96. The number of carbonyl (C=O) groups is 1. The highest BCUT2D eigenvalue weighted by molar-refractivity contribution is 14.1. The quantitative estimate of drug-likeness (QED) is 0.390. The van der Waals surface area contributed by atoms with Crippen LogP contribution in [0, 0.1) is 3.57 Å². The third kappa shape index (κ3) is 3.29.